The molecule has 0 spiro atoms. The van der Waals surface area contributed by atoms with Crippen molar-refractivity contribution in [3.63, 3.8) is 0 Å². The van der Waals surface area contributed by atoms with Gasteiger partial charge in [-0.3, -0.25) is 13.9 Å². The largest absolute Gasteiger partial charge is 0.331 e. The van der Waals surface area contributed by atoms with Crippen LogP contribution in [-0.4, -0.2) is 9.13 Å². The summed E-state index contributed by atoms with van der Waals surface area (Å²) >= 11 is 7.31. The van der Waals surface area contributed by atoms with E-state index in [-0.39, 0.29) is 29.2 Å². The Labute approximate surface area is 134 Å². The molecule has 2 aromatic heterocycles. The van der Waals surface area contributed by atoms with Crippen molar-refractivity contribution in [2.75, 3.05) is 0 Å². The Morgan fingerprint density at radius 2 is 2.00 bits per heavy atom. The minimum atomic E-state index is -0.475. The summed E-state index contributed by atoms with van der Waals surface area (Å²) in [4.78, 5) is 24.8. The van der Waals surface area contributed by atoms with Crippen molar-refractivity contribution in [3.8, 4) is 0 Å². The fraction of sp³-hybridized carbons (Fsp3) is 0.200. The second-order valence-electron chi connectivity index (χ2n) is 4.75. The molecule has 114 valence electrons. The van der Waals surface area contributed by atoms with Crippen molar-refractivity contribution >= 4 is 33.2 Å². The summed E-state index contributed by atoms with van der Waals surface area (Å²) in [5.74, 6) is -0.475. The normalized spacial score (nSPS) is 11.2. The van der Waals surface area contributed by atoms with E-state index in [9.17, 15) is 14.0 Å². The van der Waals surface area contributed by atoms with E-state index in [1.54, 1.807) is 24.4 Å². The van der Waals surface area contributed by atoms with Gasteiger partial charge in [0.25, 0.3) is 5.56 Å². The van der Waals surface area contributed by atoms with Crippen LogP contribution in [-0.2, 0) is 13.1 Å². The van der Waals surface area contributed by atoms with Gasteiger partial charge in [-0.25, -0.2) is 9.18 Å². The number of aromatic nitrogens is 2. The van der Waals surface area contributed by atoms with E-state index in [1.807, 2.05) is 0 Å². The summed E-state index contributed by atoms with van der Waals surface area (Å²) in [5, 5.41) is 2.00. The zero-order chi connectivity index (χ0) is 15.9. The number of rotatable bonds is 3. The Morgan fingerprint density at radius 1 is 1.23 bits per heavy atom. The molecule has 0 unspecified atom stereocenters. The van der Waals surface area contributed by atoms with Gasteiger partial charge in [0.15, 0.2) is 0 Å². The van der Waals surface area contributed by atoms with Crippen LogP contribution in [0.1, 0.15) is 12.5 Å². The monoisotopic (exact) mass is 338 g/mol. The van der Waals surface area contributed by atoms with Crippen LogP contribution < -0.4 is 11.2 Å². The maximum absolute atomic E-state index is 14.0. The van der Waals surface area contributed by atoms with Crippen molar-refractivity contribution in [2.24, 2.45) is 0 Å². The highest BCUT2D eigenvalue weighted by Gasteiger charge is 2.16. The van der Waals surface area contributed by atoms with E-state index in [0.29, 0.717) is 10.2 Å². The van der Waals surface area contributed by atoms with Crippen LogP contribution in [0.15, 0.2) is 39.2 Å². The van der Waals surface area contributed by atoms with E-state index in [1.165, 1.54) is 28.0 Å². The van der Waals surface area contributed by atoms with Crippen LogP contribution in [0.5, 0.6) is 0 Å². The molecule has 0 atom stereocenters. The molecule has 3 rings (SSSR count). The molecule has 0 fully saturated rings. The van der Waals surface area contributed by atoms with Crippen molar-refractivity contribution in [1.29, 1.82) is 0 Å². The van der Waals surface area contributed by atoms with Crippen molar-refractivity contribution in [2.45, 2.75) is 20.0 Å². The first kappa shape index (κ1) is 15.0. The standard InChI is InChI=1S/C15H12ClFN2O2S/c1-2-18-14(20)13-12(6-7-22-13)19(15(18)21)8-9-10(16)4-3-5-11(9)17/h3-7H,2,8H2,1H3. The lowest BCUT2D eigenvalue weighted by Crippen LogP contribution is -2.39. The number of halogens is 2. The SMILES string of the molecule is CCn1c(=O)c2sccc2n(Cc2c(F)cccc2Cl)c1=O. The molecule has 0 aliphatic carbocycles. The lowest BCUT2D eigenvalue weighted by Gasteiger charge is -2.12. The lowest BCUT2D eigenvalue weighted by atomic mass is 10.2. The lowest BCUT2D eigenvalue weighted by molar-refractivity contribution is 0.580. The highest BCUT2D eigenvalue weighted by molar-refractivity contribution is 7.17. The number of hydrogen-bond donors (Lipinski definition) is 0. The van der Waals surface area contributed by atoms with Crippen molar-refractivity contribution in [3.05, 3.63) is 66.9 Å². The summed E-state index contributed by atoms with van der Waals surface area (Å²) in [6.45, 7) is 1.97. The van der Waals surface area contributed by atoms with E-state index >= 15 is 0 Å². The molecule has 0 aliphatic heterocycles. The summed E-state index contributed by atoms with van der Waals surface area (Å²) in [7, 11) is 0. The zero-order valence-electron chi connectivity index (χ0n) is 11.7. The molecule has 0 N–H and O–H groups in total. The minimum absolute atomic E-state index is 0.0160. The average Bonchev–Trinajstić information content (AvgIpc) is 2.96. The Bertz CT molecular complexity index is 954. The second-order valence-corrected chi connectivity index (χ2v) is 6.08. The number of fused-ring (bicyclic) bond motifs is 1. The molecule has 0 radical (unpaired) electrons. The maximum atomic E-state index is 14.0. The van der Waals surface area contributed by atoms with Crippen molar-refractivity contribution in [1.82, 2.24) is 9.13 Å². The third kappa shape index (κ3) is 2.28. The smallest absolute Gasteiger partial charge is 0.288 e. The summed E-state index contributed by atoms with van der Waals surface area (Å²) in [6.07, 6.45) is 0. The van der Waals surface area contributed by atoms with E-state index in [2.05, 4.69) is 0 Å². The number of benzene rings is 1. The molecule has 0 saturated heterocycles. The molecular weight excluding hydrogens is 327 g/mol. The molecule has 0 saturated carbocycles. The predicted octanol–water partition coefficient (Wildman–Crippen LogP) is 3.09. The van der Waals surface area contributed by atoms with Gasteiger partial charge in [0.2, 0.25) is 0 Å². The molecule has 0 bridgehead atoms. The van der Waals surface area contributed by atoms with Crippen LogP contribution in [0.3, 0.4) is 0 Å². The molecule has 3 aromatic rings. The van der Waals surface area contributed by atoms with Gasteiger partial charge >= 0.3 is 5.69 Å². The molecule has 1 aromatic carbocycles. The number of hydrogen-bond acceptors (Lipinski definition) is 3. The maximum Gasteiger partial charge on any atom is 0.331 e. The quantitative estimate of drug-likeness (QED) is 0.736. The Balaban J connectivity index is 2.30. The fourth-order valence-corrected chi connectivity index (χ4v) is 3.47. The molecule has 0 amide bonds. The molecular formula is C15H12ClFN2O2S. The van der Waals surface area contributed by atoms with Gasteiger partial charge in [0.05, 0.1) is 12.1 Å². The van der Waals surface area contributed by atoms with E-state index in [4.69, 9.17) is 11.6 Å². The summed E-state index contributed by atoms with van der Waals surface area (Å²) in [6, 6.07) is 6.08. The summed E-state index contributed by atoms with van der Waals surface area (Å²) in [5.41, 5.74) is -0.0322. The average molecular weight is 339 g/mol. The van der Waals surface area contributed by atoms with Gasteiger partial charge in [-0.1, -0.05) is 17.7 Å². The third-order valence-corrected chi connectivity index (χ3v) is 4.78. The topological polar surface area (TPSA) is 44.0 Å². The first-order valence-electron chi connectivity index (χ1n) is 6.68. The Hall–Kier alpha value is -1.92. The molecule has 22 heavy (non-hydrogen) atoms. The second kappa shape index (κ2) is 5.70. The van der Waals surface area contributed by atoms with E-state index < -0.39 is 11.5 Å². The fourth-order valence-electron chi connectivity index (χ4n) is 2.41. The van der Waals surface area contributed by atoms with Crippen LogP contribution >= 0.6 is 22.9 Å². The van der Waals surface area contributed by atoms with Gasteiger partial charge in [0, 0.05) is 17.1 Å². The number of nitrogens with zero attached hydrogens (tertiary/aromatic N) is 2. The molecule has 2 heterocycles. The highest BCUT2D eigenvalue weighted by atomic mass is 35.5. The van der Waals surface area contributed by atoms with Crippen LogP contribution in [0.25, 0.3) is 10.2 Å². The van der Waals surface area contributed by atoms with E-state index in [0.717, 1.165) is 4.57 Å². The Kier molecular flexibility index (Phi) is 3.88. The zero-order valence-corrected chi connectivity index (χ0v) is 13.2. The van der Waals surface area contributed by atoms with Crippen LogP contribution in [0.2, 0.25) is 5.02 Å². The van der Waals surface area contributed by atoms with Gasteiger partial charge in [-0.2, -0.15) is 0 Å². The minimum Gasteiger partial charge on any atom is -0.288 e. The molecule has 7 heteroatoms. The predicted molar refractivity (Wildman–Crippen MR) is 86.5 cm³/mol. The van der Waals surface area contributed by atoms with Crippen LogP contribution in [0.4, 0.5) is 4.39 Å². The van der Waals surface area contributed by atoms with Crippen molar-refractivity contribution < 1.29 is 4.39 Å². The number of thiophene rings is 1. The highest BCUT2D eigenvalue weighted by Crippen LogP contribution is 2.22. The van der Waals surface area contributed by atoms with Gasteiger partial charge in [-0.15, -0.1) is 11.3 Å². The first-order chi connectivity index (χ1) is 10.5. The van der Waals surface area contributed by atoms with Gasteiger partial charge in [-0.05, 0) is 30.5 Å². The molecule has 4 nitrogen and oxygen atoms in total. The van der Waals surface area contributed by atoms with Gasteiger partial charge < -0.3 is 0 Å². The first-order valence-corrected chi connectivity index (χ1v) is 7.94. The summed E-state index contributed by atoms with van der Waals surface area (Å²) < 4.78 is 17.0. The van der Waals surface area contributed by atoms with Gasteiger partial charge in [0.1, 0.15) is 10.5 Å². The Morgan fingerprint density at radius 3 is 2.68 bits per heavy atom. The molecule has 0 aliphatic rings. The van der Waals surface area contributed by atoms with Crippen LogP contribution in [0, 0.1) is 5.82 Å². The third-order valence-electron chi connectivity index (χ3n) is 3.53.